The fourth-order valence-corrected chi connectivity index (χ4v) is 5.10. The average molecular weight is 517 g/mol. The summed E-state index contributed by atoms with van der Waals surface area (Å²) < 4.78 is 12.0. The average Bonchev–Trinajstić information content (AvgIpc) is 2.94. The van der Waals surface area contributed by atoms with Gasteiger partial charge in [-0.15, -0.1) is 0 Å². The molecule has 202 valence electrons. The molecule has 3 aromatic rings. The monoisotopic (exact) mass is 516 g/mol. The molecule has 7 heteroatoms. The fraction of sp³-hybridized carbons (Fsp3) is 0.452. The maximum Gasteiger partial charge on any atom is 0.256 e. The number of benzene rings is 2. The minimum Gasteiger partial charge on any atom is -0.492 e. The Bertz CT molecular complexity index is 1090. The maximum atomic E-state index is 12.8. The van der Waals surface area contributed by atoms with Gasteiger partial charge in [0.05, 0.1) is 11.3 Å². The highest BCUT2D eigenvalue weighted by Gasteiger charge is 2.28. The van der Waals surface area contributed by atoms with E-state index < -0.39 is 0 Å². The number of carbonyl (C=O) groups excluding carboxylic acids is 1. The molecule has 0 aliphatic heterocycles. The molecule has 1 aliphatic rings. The maximum absolute atomic E-state index is 12.8. The van der Waals surface area contributed by atoms with Gasteiger partial charge in [-0.25, -0.2) is 9.97 Å². The van der Waals surface area contributed by atoms with Gasteiger partial charge in [0.2, 0.25) is 0 Å². The lowest BCUT2D eigenvalue weighted by Gasteiger charge is -2.33. The molecule has 4 rings (SSSR count). The van der Waals surface area contributed by atoms with Crippen LogP contribution in [-0.2, 0) is 0 Å². The van der Waals surface area contributed by atoms with Crippen LogP contribution in [-0.4, -0.2) is 72.6 Å². The second kappa shape index (κ2) is 13.9. The van der Waals surface area contributed by atoms with E-state index in [0.717, 1.165) is 68.3 Å². The van der Waals surface area contributed by atoms with Gasteiger partial charge in [0.15, 0.2) is 0 Å². The summed E-state index contributed by atoms with van der Waals surface area (Å²) in [4.78, 5) is 25.8. The SMILES string of the molecule is Cc1ncc(C(=O)N(C)C)c(C2CCC(CN(CCOc3ccccc3)CCOc3ccccc3)CC2)n1. The number of aromatic nitrogens is 2. The molecule has 1 aliphatic carbocycles. The van der Waals surface area contributed by atoms with Gasteiger partial charge in [-0.3, -0.25) is 9.69 Å². The van der Waals surface area contributed by atoms with Crippen LogP contribution in [0.1, 0.15) is 53.5 Å². The highest BCUT2D eigenvalue weighted by Crippen LogP contribution is 2.36. The first-order valence-corrected chi connectivity index (χ1v) is 13.6. The smallest absolute Gasteiger partial charge is 0.256 e. The molecule has 1 fully saturated rings. The molecular formula is C31H40N4O3. The standard InChI is InChI=1S/C31H40N4O3/c1-24-32-22-29(31(36)34(2)3)30(33-24)26-16-14-25(15-17-26)23-35(18-20-37-27-10-6-4-7-11-27)19-21-38-28-12-8-5-9-13-28/h4-13,22,25-26H,14-21,23H2,1-3H3. The van der Waals surface area contributed by atoms with E-state index >= 15 is 0 Å². The first-order valence-electron chi connectivity index (χ1n) is 13.6. The molecule has 38 heavy (non-hydrogen) atoms. The number of aryl methyl sites for hydroxylation is 1. The van der Waals surface area contributed by atoms with Crippen LogP contribution in [0, 0.1) is 12.8 Å². The highest BCUT2D eigenvalue weighted by atomic mass is 16.5. The Labute approximate surface area is 226 Å². The van der Waals surface area contributed by atoms with E-state index in [9.17, 15) is 4.79 Å². The molecule has 0 atom stereocenters. The molecule has 7 nitrogen and oxygen atoms in total. The molecular weight excluding hydrogens is 476 g/mol. The lowest BCUT2D eigenvalue weighted by molar-refractivity contribution is 0.0824. The number of carbonyl (C=O) groups is 1. The number of ether oxygens (including phenoxy) is 2. The van der Waals surface area contributed by atoms with Crippen LogP contribution in [0.3, 0.4) is 0 Å². The van der Waals surface area contributed by atoms with Crippen molar-refractivity contribution in [3.05, 3.63) is 83.9 Å². The molecule has 1 aromatic heterocycles. The number of hydrogen-bond donors (Lipinski definition) is 0. The lowest BCUT2D eigenvalue weighted by atomic mass is 9.79. The molecule has 0 radical (unpaired) electrons. The van der Waals surface area contributed by atoms with E-state index in [1.54, 1.807) is 25.2 Å². The van der Waals surface area contributed by atoms with Gasteiger partial charge in [-0.2, -0.15) is 0 Å². The molecule has 1 saturated carbocycles. The van der Waals surface area contributed by atoms with Crippen LogP contribution in [0.15, 0.2) is 66.9 Å². The number of rotatable bonds is 12. The topological polar surface area (TPSA) is 67.8 Å². The first-order chi connectivity index (χ1) is 18.5. The summed E-state index contributed by atoms with van der Waals surface area (Å²) in [6.07, 6.45) is 5.98. The van der Waals surface area contributed by atoms with E-state index in [1.807, 2.05) is 67.6 Å². The number of para-hydroxylation sites is 2. The highest BCUT2D eigenvalue weighted by molar-refractivity contribution is 5.94. The zero-order valence-electron chi connectivity index (χ0n) is 22.9. The molecule has 0 spiro atoms. The van der Waals surface area contributed by atoms with Gasteiger partial charge in [-0.05, 0) is 62.8 Å². The Morgan fingerprint density at radius 2 is 1.42 bits per heavy atom. The van der Waals surface area contributed by atoms with Crippen LogP contribution in [0.4, 0.5) is 0 Å². The van der Waals surface area contributed by atoms with Crippen LogP contribution in [0.2, 0.25) is 0 Å². The van der Waals surface area contributed by atoms with Crippen molar-refractivity contribution in [2.75, 3.05) is 46.9 Å². The quantitative estimate of drug-likeness (QED) is 0.329. The second-order valence-electron chi connectivity index (χ2n) is 10.3. The van der Waals surface area contributed by atoms with E-state index in [1.165, 1.54) is 0 Å². The summed E-state index contributed by atoms with van der Waals surface area (Å²) in [5, 5.41) is 0. The minimum atomic E-state index is -0.0230. The van der Waals surface area contributed by atoms with Crippen LogP contribution >= 0.6 is 0 Å². The van der Waals surface area contributed by atoms with Crippen LogP contribution < -0.4 is 9.47 Å². The van der Waals surface area contributed by atoms with E-state index in [4.69, 9.17) is 14.5 Å². The summed E-state index contributed by atoms with van der Waals surface area (Å²) in [5.74, 6) is 3.39. The predicted octanol–water partition coefficient (Wildman–Crippen LogP) is 5.22. The third-order valence-electron chi connectivity index (χ3n) is 7.16. The Morgan fingerprint density at radius 3 is 1.95 bits per heavy atom. The van der Waals surface area contributed by atoms with Crippen molar-refractivity contribution in [3.63, 3.8) is 0 Å². The molecule has 0 bridgehead atoms. The Morgan fingerprint density at radius 1 is 0.868 bits per heavy atom. The molecule has 2 aromatic carbocycles. The minimum absolute atomic E-state index is 0.0230. The zero-order chi connectivity index (χ0) is 26.7. The van der Waals surface area contributed by atoms with Crippen molar-refractivity contribution in [1.82, 2.24) is 19.8 Å². The van der Waals surface area contributed by atoms with Crippen molar-refractivity contribution in [1.29, 1.82) is 0 Å². The molecule has 1 heterocycles. The van der Waals surface area contributed by atoms with Crippen molar-refractivity contribution in [2.24, 2.45) is 5.92 Å². The Hall–Kier alpha value is -3.45. The van der Waals surface area contributed by atoms with Gasteiger partial charge < -0.3 is 14.4 Å². The number of hydrogen-bond acceptors (Lipinski definition) is 6. The van der Waals surface area contributed by atoms with Crippen molar-refractivity contribution in [2.45, 2.75) is 38.5 Å². The zero-order valence-corrected chi connectivity index (χ0v) is 22.9. The van der Waals surface area contributed by atoms with Crippen LogP contribution in [0.5, 0.6) is 11.5 Å². The van der Waals surface area contributed by atoms with Gasteiger partial charge in [0.25, 0.3) is 5.91 Å². The third-order valence-corrected chi connectivity index (χ3v) is 7.16. The van der Waals surface area contributed by atoms with Crippen LogP contribution in [0.25, 0.3) is 0 Å². The second-order valence-corrected chi connectivity index (χ2v) is 10.3. The van der Waals surface area contributed by atoms with E-state index in [0.29, 0.717) is 30.6 Å². The lowest BCUT2D eigenvalue weighted by Crippen LogP contribution is -2.37. The van der Waals surface area contributed by atoms with Crippen molar-refractivity contribution < 1.29 is 14.3 Å². The van der Waals surface area contributed by atoms with Gasteiger partial charge in [0.1, 0.15) is 30.5 Å². The molecule has 0 unspecified atom stereocenters. The molecule has 0 N–H and O–H groups in total. The Kier molecular flexibility index (Phi) is 10.1. The molecule has 0 saturated heterocycles. The van der Waals surface area contributed by atoms with E-state index in [-0.39, 0.29) is 5.91 Å². The summed E-state index contributed by atoms with van der Waals surface area (Å²) in [6.45, 7) is 5.88. The summed E-state index contributed by atoms with van der Waals surface area (Å²) in [7, 11) is 3.56. The van der Waals surface area contributed by atoms with E-state index in [2.05, 4.69) is 9.88 Å². The number of nitrogens with zero attached hydrogens (tertiary/aromatic N) is 4. The third kappa shape index (κ3) is 8.02. The normalized spacial score (nSPS) is 17.3. The van der Waals surface area contributed by atoms with Gasteiger partial charge >= 0.3 is 0 Å². The summed E-state index contributed by atoms with van der Waals surface area (Å²) in [6, 6.07) is 20.0. The fourth-order valence-electron chi connectivity index (χ4n) is 5.10. The largest absolute Gasteiger partial charge is 0.492 e. The molecule has 1 amide bonds. The number of amides is 1. The van der Waals surface area contributed by atoms with Crippen molar-refractivity contribution >= 4 is 5.91 Å². The summed E-state index contributed by atoms with van der Waals surface area (Å²) in [5.41, 5.74) is 1.56. The first kappa shape index (κ1) is 27.6. The summed E-state index contributed by atoms with van der Waals surface area (Å²) >= 11 is 0. The van der Waals surface area contributed by atoms with Gasteiger partial charge in [0, 0.05) is 45.8 Å². The Balaban J connectivity index is 1.33. The van der Waals surface area contributed by atoms with Crippen molar-refractivity contribution in [3.8, 4) is 11.5 Å². The predicted molar refractivity (Wildman–Crippen MR) is 150 cm³/mol. The van der Waals surface area contributed by atoms with Gasteiger partial charge in [-0.1, -0.05) is 36.4 Å².